The molecule has 0 aromatic rings. The van der Waals surface area contributed by atoms with Gasteiger partial charge in [-0.2, -0.15) is 0 Å². The van der Waals surface area contributed by atoms with Crippen LogP contribution < -0.4 is 0 Å². The van der Waals surface area contributed by atoms with Crippen LogP contribution in [0.5, 0.6) is 0 Å². The minimum Gasteiger partial charge on any atom is -0.376 e. The minimum atomic E-state index is -0.761. The normalized spacial score (nSPS) is 58.9. The number of hydrogen-bond acceptors (Lipinski definition) is 5. The van der Waals surface area contributed by atoms with Gasteiger partial charge in [-0.3, -0.25) is 9.59 Å². The van der Waals surface area contributed by atoms with Crippen LogP contribution in [0.4, 0.5) is 0 Å². The van der Waals surface area contributed by atoms with Gasteiger partial charge < -0.3 is 19.1 Å². The summed E-state index contributed by atoms with van der Waals surface area (Å²) < 4.78 is 19.1. The van der Waals surface area contributed by atoms with E-state index in [1.54, 1.807) is 0 Å². The summed E-state index contributed by atoms with van der Waals surface area (Å²) in [6.45, 7) is 9.94. The molecule has 7 rings (SSSR count). The molecule has 0 aromatic carbocycles. The number of hydrogen-bond donors (Lipinski definition) is 0. The molecule has 0 radical (unpaired) electrons. The van der Waals surface area contributed by atoms with E-state index in [1.165, 1.54) is 0 Å². The quantitative estimate of drug-likeness (QED) is 0.691. The molecular weight excluding hydrogens is 334 g/mol. The highest BCUT2D eigenvalue weighted by Crippen LogP contribution is 2.75. The lowest BCUT2D eigenvalue weighted by atomic mass is 9.53. The number of likely N-dealkylation sites (N-methyl/N-ethyl adjacent to an activating group) is 1. The largest absolute Gasteiger partial charge is 0.376 e. The minimum absolute atomic E-state index is 0.0206. The monoisotopic (exact) mass is 361 g/mol. The molecule has 6 heterocycles. The van der Waals surface area contributed by atoms with E-state index in [9.17, 15) is 9.59 Å². The fraction of sp³-hybridized carbons (Fsp3) is 0.900. The zero-order valence-corrected chi connectivity index (χ0v) is 15.9. The standard InChI is InChI=1S/C20H27NO5/c1-5-21-16(23)20-11(10(2)3)6-13(22)12(20)7-18(21)8-24-9-19(18)17(4)14(25-17)15(20)26-19/h10-12,14-15H,5-9H2,1-4H3/t11-,12-,14+,15-,17+,18+,19+,20+/m1/s1. The summed E-state index contributed by atoms with van der Waals surface area (Å²) in [5.74, 6) is 0.378. The van der Waals surface area contributed by atoms with Gasteiger partial charge in [0.15, 0.2) is 0 Å². The van der Waals surface area contributed by atoms with Crippen molar-refractivity contribution in [2.45, 2.75) is 69.5 Å². The van der Waals surface area contributed by atoms with Gasteiger partial charge in [-0.1, -0.05) is 13.8 Å². The van der Waals surface area contributed by atoms with Gasteiger partial charge in [-0.05, 0) is 32.1 Å². The molecule has 6 heteroatoms. The Hall–Kier alpha value is -0.980. The van der Waals surface area contributed by atoms with Gasteiger partial charge in [0, 0.05) is 18.9 Å². The highest BCUT2D eigenvalue weighted by molar-refractivity contribution is 5.99. The molecule has 1 aliphatic carbocycles. The van der Waals surface area contributed by atoms with E-state index < -0.39 is 22.2 Å². The van der Waals surface area contributed by atoms with Crippen LogP contribution in [0, 0.1) is 23.2 Å². The molecule has 6 aliphatic heterocycles. The van der Waals surface area contributed by atoms with Crippen LogP contribution in [0.1, 0.15) is 40.5 Å². The first-order valence-corrected chi connectivity index (χ1v) is 10.1. The Balaban J connectivity index is 1.68. The topological polar surface area (TPSA) is 68.4 Å². The molecule has 1 saturated carbocycles. The number of Topliss-reactive ketones (excluding diaryl/α,β-unsaturated/α-hetero) is 1. The first-order valence-electron chi connectivity index (χ1n) is 10.1. The van der Waals surface area contributed by atoms with Crippen molar-refractivity contribution in [1.82, 2.24) is 4.90 Å². The molecule has 7 fully saturated rings. The van der Waals surface area contributed by atoms with Gasteiger partial charge in [0.1, 0.15) is 34.7 Å². The number of amides is 1. The maximum Gasteiger partial charge on any atom is 0.233 e. The number of rotatable bonds is 2. The predicted molar refractivity (Wildman–Crippen MR) is 90.3 cm³/mol. The summed E-state index contributed by atoms with van der Waals surface area (Å²) in [6.07, 6.45) is 0.723. The Morgan fingerprint density at radius 3 is 2.65 bits per heavy atom. The lowest BCUT2D eigenvalue weighted by Gasteiger charge is -2.56. The van der Waals surface area contributed by atoms with Crippen molar-refractivity contribution >= 4 is 11.7 Å². The molecule has 3 spiro atoms. The van der Waals surface area contributed by atoms with Crippen LogP contribution in [-0.2, 0) is 23.8 Å². The molecule has 0 unspecified atom stereocenters. The average Bonchev–Trinajstić information content (AvgIpc) is 2.95. The summed E-state index contributed by atoms with van der Waals surface area (Å²) in [5, 5.41) is 0. The van der Waals surface area contributed by atoms with Gasteiger partial charge >= 0.3 is 0 Å². The molecule has 6 saturated heterocycles. The Morgan fingerprint density at radius 1 is 1.19 bits per heavy atom. The zero-order chi connectivity index (χ0) is 18.3. The summed E-state index contributed by atoms with van der Waals surface area (Å²) >= 11 is 0. The van der Waals surface area contributed by atoms with Crippen molar-refractivity contribution in [3.63, 3.8) is 0 Å². The van der Waals surface area contributed by atoms with Crippen molar-refractivity contribution < 1.29 is 23.8 Å². The molecule has 26 heavy (non-hydrogen) atoms. The number of carbonyl (C=O) groups excluding carboxylic acids is 2. The van der Waals surface area contributed by atoms with Crippen LogP contribution in [0.2, 0.25) is 0 Å². The van der Waals surface area contributed by atoms with E-state index in [0.29, 0.717) is 32.6 Å². The maximum absolute atomic E-state index is 14.1. The number of piperidine rings is 1. The Morgan fingerprint density at radius 2 is 1.96 bits per heavy atom. The number of carbonyl (C=O) groups is 2. The van der Waals surface area contributed by atoms with Crippen molar-refractivity contribution in [2.24, 2.45) is 23.2 Å². The van der Waals surface area contributed by atoms with Gasteiger partial charge in [-0.25, -0.2) is 0 Å². The van der Waals surface area contributed by atoms with Gasteiger partial charge in [0.2, 0.25) is 5.91 Å². The van der Waals surface area contributed by atoms with E-state index in [-0.39, 0.29) is 41.7 Å². The van der Waals surface area contributed by atoms with E-state index in [0.717, 1.165) is 0 Å². The van der Waals surface area contributed by atoms with Crippen molar-refractivity contribution in [3.05, 3.63) is 0 Å². The lowest BCUT2D eigenvalue weighted by molar-refractivity contribution is -0.172. The fourth-order valence-electron chi connectivity index (χ4n) is 7.82. The third-order valence-corrected chi connectivity index (χ3v) is 8.93. The summed E-state index contributed by atoms with van der Waals surface area (Å²) in [5.41, 5.74) is -2.39. The van der Waals surface area contributed by atoms with E-state index in [1.807, 2.05) is 11.8 Å². The van der Waals surface area contributed by atoms with Crippen molar-refractivity contribution in [2.75, 3.05) is 19.8 Å². The summed E-state index contributed by atoms with van der Waals surface area (Å²) in [6, 6.07) is 0. The second kappa shape index (κ2) is 4.20. The van der Waals surface area contributed by atoms with Crippen LogP contribution in [0.25, 0.3) is 0 Å². The number of ketones is 1. The second-order valence-electron chi connectivity index (χ2n) is 9.80. The van der Waals surface area contributed by atoms with Crippen LogP contribution in [0.3, 0.4) is 0 Å². The fourth-order valence-corrected chi connectivity index (χ4v) is 7.82. The van der Waals surface area contributed by atoms with E-state index in [2.05, 4.69) is 20.8 Å². The molecule has 142 valence electrons. The third-order valence-electron chi connectivity index (χ3n) is 8.93. The Labute approximate surface area is 153 Å². The number of epoxide rings is 1. The SMILES string of the molecule is CCN1C(=O)[C@@]23[C@H](C[C@@]14COC[C@@]41O[C@@H]2[C@@H]2O[C@@]21C)C(=O)C[C@@H]3C(C)C. The maximum atomic E-state index is 14.1. The zero-order valence-electron chi connectivity index (χ0n) is 15.9. The highest BCUT2D eigenvalue weighted by Gasteiger charge is 2.92. The Bertz CT molecular complexity index is 752. The molecule has 0 N–H and O–H groups in total. The van der Waals surface area contributed by atoms with Gasteiger partial charge in [0.05, 0.1) is 18.6 Å². The van der Waals surface area contributed by atoms with Crippen LogP contribution in [0.15, 0.2) is 0 Å². The molecular formula is C20H27NO5. The van der Waals surface area contributed by atoms with E-state index >= 15 is 0 Å². The molecule has 7 aliphatic rings. The molecule has 4 bridgehead atoms. The molecule has 6 nitrogen and oxygen atoms in total. The predicted octanol–water partition coefficient (Wildman–Crippen LogP) is 1.16. The lowest BCUT2D eigenvalue weighted by Crippen LogP contribution is -2.75. The van der Waals surface area contributed by atoms with Gasteiger partial charge in [0.25, 0.3) is 0 Å². The van der Waals surface area contributed by atoms with Crippen LogP contribution >= 0.6 is 0 Å². The number of fused-ring (bicyclic) bond motifs is 2. The summed E-state index contributed by atoms with van der Waals surface area (Å²) in [4.78, 5) is 29.3. The first kappa shape index (κ1) is 16.0. The first-order chi connectivity index (χ1) is 12.3. The molecule has 8 atom stereocenters. The van der Waals surface area contributed by atoms with Gasteiger partial charge in [-0.15, -0.1) is 0 Å². The Kier molecular flexibility index (Phi) is 2.59. The van der Waals surface area contributed by atoms with E-state index in [4.69, 9.17) is 14.2 Å². The van der Waals surface area contributed by atoms with Crippen molar-refractivity contribution in [1.29, 1.82) is 0 Å². The number of nitrogens with zero attached hydrogens (tertiary/aromatic N) is 1. The van der Waals surface area contributed by atoms with Crippen LogP contribution in [-0.4, -0.2) is 65.3 Å². The average molecular weight is 361 g/mol. The third kappa shape index (κ3) is 1.21. The summed E-state index contributed by atoms with van der Waals surface area (Å²) in [7, 11) is 0. The molecule has 0 aromatic heterocycles. The van der Waals surface area contributed by atoms with Crippen molar-refractivity contribution in [3.8, 4) is 0 Å². The smallest absolute Gasteiger partial charge is 0.233 e. The second-order valence-corrected chi connectivity index (χ2v) is 9.80. The number of ether oxygens (including phenoxy) is 3. The molecule has 1 amide bonds. The highest BCUT2D eigenvalue weighted by atomic mass is 16.7.